The van der Waals surface area contributed by atoms with Crippen molar-refractivity contribution in [3.8, 4) is 56.0 Å². The maximum atomic E-state index is 7.21. The Labute approximate surface area is 567 Å². The molecule has 0 bridgehead atoms. The Balaban J connectivity index is 0.819. The molecule has 5 heteroatoms. The molecule has 1 spiro atoms. The SMILES string of the molecule is C/C(=C\C=C(/C(C)C)N(c1ccccc1)c1ccc(-c2ccccc2)c2sc3ccccc3c12)c1ccc2c(c1)C1(c3ccccc3Oc3ccc(N(c4ccc5ccccc5c4)c4cc(-c5ccc(-c6ccccc6)cc5)c5sc6ccccc6c5c4)cc31)c1ccccc1-2. The van der Waals surface area contributed by atoms with Crippen molar-refractivity contribution < 1.29 is 4.74 Å². The van der Waals surface area contributed by atoms with Crippen molar-refractivity contribution in [2.24, 2.45) is 5.92 Å². The van der Waals surface area contributed by atoms with Crippen LogP contribution in [0.2, 0.25) is 0 Å². The summed E-state index contributed by atoms with van der Waals surface area (Å²) in [6.45, 7) is 6.93. The number of ether oxygens (including phenoxy) is 1. The molecule has 2 aromatic heterocycles. The monoisotopic (exact) mass is 1260 g/mol. The number of rotatable bonds is 12. The summed E-state index contributed by atoms with van der Waals surface area (Å²) >= 11 is 3.76. The van der Waals surface area contributed by atoms with Gasteiger partial charge in [0.25, 0.3) is 0 Å². The van der Waals surface area contributed by atoms with E-state index in [1.807, 2.05) is 22.7 Å². The summed E-state index contributed by atoms with van der Waals surface area (Å²) in [6, 6.07) is 117. The molecule has 96 heavy (non-hydrogen) atoms. The van der Waals surface area contributed by atoms with Crippen LogP contribution in [-0.4, -0.2) is 0 Å². The molecule has 0 saturated heterocycles. The maximum Gasteiger partial charge on any atom is 0.132 e. The minimum atomic E-state index is -0.764. The van der Waals surface area contributed by atoms with Crippen molar-refractivity contribution in [2.45, 2.75) is 26.2 Å². The molecule has 3 nitrogen and oxygen atoms in total. The van der Waals surface area contributed by atoms with Crippen LogP contribution in [0.3, 0.4) is 0 Å². The van der Waals surface area contributed by atoms with Gasteiger partial charge in [-0.05, 0) is 176 Å². The van der Waals surface area contributed by atoms with Gasteiger partial charge in [0.05, 0.1) is 11.1 Å². The van der Waals surface area contributed by atoms with E-state index in [1.54, 1.807) is 0 Å². The van der Waals surface area contributed by atoms with Crippen LogP contribution in [0.15, 0.2) is 333 Å². The van der Waals surface area contributed by atoms with Crippen LogP contribution in [0.4, 0.5) is 28.4 Å². The lowest BCUT2D eigenvalue weighted by atomic mass is 9.65. The number of benzene rings is 14. The number of hydrogen-bond donors (Lipinski definition) is 0. The molecule has 3 heterocycles. The minimum Gasteiger partial charge on any atom is -0.457 e. The second-order valence-electron chi connectivity index (χ2n) is 25.7. The number of para-hydroxylation sites is 2. The Bertz CT molecular complexity index is 5800. The van der Waals surface area contributed by atoms with Crippen LogP contribution in [0, 0.1) is 5.92 Å². The Morgan fingerprint density at radius 3 is 1.75 bits per heavy atom. The molecule has 0 saturated carbocycles. The van der Waals surface area contributed by atoms with Crippen LogP contribution in [0.25, 0.3) is 101 Å². The molecule has 1 atom stereocenters. The summed E-state index contributed by atoms with van der Waals surface area (Å²) < 4.78 is 12.3. The molecule has 0 N–H and O–H groups in total. The number of fused-ring (bicyclic) bond motifs is 16. The zero-order valence-electron chi connectivity index (χ0n) is 53.4. The predicted octanol–water partition coefficient (Wildman–Crippen LogP) is 26.3. The highest BCUT2D eigenvalue weighted by atomic mass is 32.1. The summed E-state index contributed by atoms with van der Waals surface area (Å²) in [6.07, 6.45) is 4.73. The molecular formula is C91H64N2OS2. The fourth-order valence-electron chi connectivity index (χ4n) is 15.3. The van der Waals surface area contributed by atoms with Crippen LogP contribution in [-0.2, 0) is 5.41 Å². The molecule has 456 valence electrons. The summed E-state index contributed by atoms with van der Waals surface area (Å²) in [7, 11) is 0. The fourth-order valence-corrected chi connectivity index (χ4v) is 17.8. The van der Waals surface area contributed by atoms with Gasteiger partial charge >= 0.3 is 0 Å². The molecule has 18 rings (SSSR count). The number of allylic oxidation sites excluding steroid dienone is 4. The van der Waals surface area contributed by atoms with Crippen LogP contribution < -0.4 is 14.5 Å². The van der Waals surface area contributed by atoms with Gasteiger partial charge in [-0.1, -0.05) is 250 Å². The van der Waals surface area contributed by atoms with Crippen molar-refractivity contribution >= 4 is 108 Å². The van der Waals surface area contributed by atoms with Gasteiger partial charge in [-0.2, -0.15) is 0 Å². The van der Waals surface area contributed by atoms with E-state index >= 15 is 0 Å². The van der Waals surface area contributed by atoms with Crippen molar-refractivity contribution in [3.05, 3.63) is 361 Å². The van der Waals surface area contributed by atoms with Crippen molar-refractivity contribution in [2.75, 3.05) is 9.80 Å². The van der Waals surface area contributed by atoms with Gasteiger partial charge in [-0.15, -0.1) is 22.7 Å². The first-order valence-corrected chi connectivity index (χ1v) is 34.8. The van der Waals surface area contributed by atoms with E-state index < -0.39 is 5.41 Å². The normalized spacial score (nSPS) is 14.1. The summed E-state index contributed by atoms with van der Waals surface area (Å²) in [4.78, 5) is 5.00. The summed E-state index contributed by atoms with van der Waals surface area (Å²) in [5.74, 6) is 1.85. The van der Waals surface area contributed by atoms with Crippen LogP contribution in [0.1, 0.15) is 48.6 Å². The lowest BCUT2D eigenvalue weighted by Crippen LogP contribution is -2.32. The van der Waals surface area contributed by atoms with E-state index in [9.17, 15) is 0 Å². The smallest absolute Gasteiger partial charge is 0.132 e. The van der Waals surface area contributed by atoms with E-state index in [1.165, 1.54) is 124 Å². The zero-order chi connectivity index (χ0) is 64.0. The second kappa shape index (κ2) is 23.3. The van der Waals surface area contributed by atoms with E-state index in [-0.39, 0.29) is 5.92 Å². The van der Waals surface area contributed by atoms with Crippen LogP contribution >= 0.6 is 22.7 Å². The first kappa shape index (κ1) is 57.3. The highest BCUT2D eigenvalue weighted by molar-refractivity contribution is 7.26. The summed E-state index contributed by atoms with van der Waals surface area (Å²) in [5, 5.41) is 7.39. The predicted molar refractivity (Wildman–Crippen MR) is 410 cm³/mol. The molecule has 0 amide bonds. The third-order valence-electron chi connectivity index (χ3n) is 19.8. The van der Waals surface area contributed by atoms with Crippen molar-refractivity contribution in [1.82, 2.24) is 0 Å². The molecule has 1 aliphatic heterocycles. The largest absolute Gasteiger partial charge is 0.457 e. The van der Waals surface area contributed by atoms with Gasteiger partial charge in [0.2, 0.25) is 0 Å². The third-order valence-corrected chi connectivity index (χ3v) is 22.3. The molecular weight excluding hydrogens is 1200 g/mol. The van der Waals surface area contributed by atoms with Crippen LogP contribution in [0.5, 0.6) is 11.5 Å². The molecule has 14 aromatic carbocycles. The van der Waals surface area contributed by atoms with Crippen molar-refractivity contribution in [1.29, 1.82) is 0 Å². The second-order valence-corrected chi connectivity index (χ2v) is 27.8. The molecule has 2 aliphatic rings. The van der Waals surface area contributed by atoms with Gasteiger partial charge in [0.15, 0.2) is 0 Å². The maximum absolute atomic E-state index is 7.21. The lowest BCUT2D eigenvalue weighted by molar-refractivity contribution is 0.436. The topological polar surface area (TPSA) is 15.7 Å². The summed E-state index contributed by atoms with van der Waals surface area (Å²) in [5.41, 5.74) is 22.6. The van der Waals surface area contributed by atoms with E-state index in [2.05, 4.69) is 358 Å². The third kappa shape index (κ3) is 9.36. The van der Waals surface area contributed by atoms with E-state index in [4.69, 9.17) is 4.74 Å². The zero-order valence-corrected chi connectivity index (χ0v) is 55.0. The van der Waals surface area contributed by atoms with Gasteiger partial charge in [0.1, 0.15) is 11.5 Å². The van der Waals surface area contributed by atoms with Gasteiger partial charge in [-0.25, -0.2) is 0 Å². The van der Waals surface area contributed by atoms with Crippen molar-refractivity contribution in [3.63, 3.8) is 0 Å². The van der Waals surface area contributed by atoms with Gasteiger partial charge in [0, 0.05) is 85.5 Å². The van der Waals surface area contributed by atoms with Gasteiger partial charge in [-0.3, -0.25) is 0 Å². The standard InChI is InChI=1S/C91H64N2OS2/c1-58(2)82(93(67-29-11-6-12-30-67)83-51-49-71(63-26-9-5-10-27-63)90-88(83)75-33-17-22-38-87(75)96-90)50-39-59(3)65-45-48-73-72-31-15-18-34-78(72)91(80(73)54-65)79-35-19-20-36-84(79)94-85-52-47-69(57-81(85)91)92(68-46-44-61-25-13-14-28-66(61)53-68)70-55-76(89-77(56-70)74-32-16-21-37-86(74)95-89)64-42-40-62(41-43-64)60-23-7-4-8-24-60/h4-58H,1-3H3/b59-39+,82-50+. The quantitative estimate of drug-likeness (QED) is 0.113. The average molecular weight is 1270 g/mol. The number of nitrogens with zero attached hydrogens (tertiary/aromatic N) is 2. The van der Waals surface area contributed by atoms with E-state index in [0.717, 1.165) is 50.9 Å². The molecule has 16 aromatic rings. The Kier molecular flexibility index (Phi) is 13.9. The average Bonchev–Trinajstić information content (AvgIpc) is 1.47. The molecule has 0 radical (unpaired) electrons. The first-order valence-electron chi connectivity index (χ1n) is 33.1. The fraction of sp³-hybridized carbons (Fsp3) is 0.0549. The molecule has 0 fully saturated rings. The Hall–Kier alpha value is -11.3. The minimum absolute atomic E-state index is 0.156. The highest BCUT2D eigenvalue weighted by Gasteiger charge is 2.51. The highest BCUT2D eigenvalue weighted by Crippen LogP contribution is 2.63. The first-order chi connectivity index (χ1) is 47.3. The number of anilines is 5. The Morgan fingerprint density at radius 1 is 0.375 bits per heavy atom. The number of hydrogen-bond acceptors (Lipinski definition) is 5. The molecule has 1 unspecified atom stereocenters. The number of thiophene rings is 2. The van der Waals surface area contributed by atoms with E-state index in [0.29, 0.717) is 0 Å². The molecule has 1 aliphatic carbocycles. The Morgan fingerprint density at radius 2 is 0.958 bits per heavy atom. The van der Waals surface area contributed by atoms with Gasteiger partial charge < -0.3 is 14.5 Å². The lowest BCUT2D eigenvalue weighted by Gasteiger charge is -2.40.